The zero-order chi connectivity index (χ0) is 18.7. The summed E-state index contributed by atoms with van der Waals surface area (Å²) < 4.78 is 40.9. The van der Waals surface area contributed by atoms with Crippen LogP contribution in [-0.4, -0.2) is 20.9 Å². The van der Waals surface area contributed by atoms with Crippen molar-refractivity contribution in [3.05, 3.63) is 70.5 Å². The van der Waals surface area contributed by atoms with E-state index < -0.39 is 17.6 Å². The number of carbonyl (C=O) groups excluding carboxylic acids is 1. The number of hydrogen-bond donors (Lipinski definition) is 2. The molecule has 2 N–H and O–H groups in total. The Labute approximate surface area is 154 Å². The van der Waals surface area contributed by atoms with Gasteiger partial charge < -0.3 is 0 Å². The van der Waals surface area contributed by atoms with Crippen LogP contribution in [0.5, 0.6) is 0 Å². The summed E-state index contributed by atoms with van der Waals surface area (Å²) in [5.74, 6) is -0.722. The summed E-state index contributed by atoms with van der Waals surface area (Å²) in [5.41, 5.74) is 3.90. The standard InChI is InChI=1S/C16H11BrF3N5O/c17-11-6-2-4-8-14(11)25-9-13(22-24-25)15(26)23-21-12-7-3-1-5-10(12)16(18,19)20/h1-9,21H,(H,23,26). The van der Waals surface area contributed by atoms with Gasteiger partial charge in [0.2, 0.25) is 0 Å². The summed E-state index contributed by atoms with van der Waals surface area (Å²) in [7, 11) is 0. The predicted molar refractivity (Wildman–Crippen MR) is 91.6 cm³/mol. The molecule has 0 spiro atoms. The topological polar surface area (TPSA) is 71.8 Å². The summed E-state index contributed by atoms with van der Waals surface area (Å²) in [4.78, 5) is 12.1. The zero-order valence-electron chi connectivity index (χ0n) is 13.0. The number of anilines is 1. The molecule has 0 aliphatic heterocycles. The Morgan fingerprint density at radius 1 is 1.08 bits per heavy atom. The highest BCUT2D eigenvalue weighted by molar-refractivity contribution is 9.10. The van der Waals surface area contributed by atoms with Gasteiger partial charge in [-0.3, -0.25) is 15.6 Å². The normalized spacial score (nSPS) is 11.2. The van der Waals surface area contributed by atoms with Crippen molar-refractivity contribution in [1.82, 2.24) is 20.4 Å². The van der Waals surface area contributed by atoms with E-state index in [0.29, 0.717) is 5.69 Å². The first-order chi connectivity index (χ1) is 12.4. The summed E-state index contributed by atoms with van der Waals surface area (Å²) in [5, 5.41) is 7.58. The Morgan fingerprint density at radius 2 is 1.77 bits per heavy atom. The van der Waals surface area contributed by atoms with Gasteiger partial charge in [-0.25, -0.2) is 4.68 Å². The van der Waals surface area contributed by atoms with Crippen LogP contribution < -0.4 is 10.9 Å². The third-order valence-electron chi connectivity index (χ3n) is 3.37. The predicted octanol–water partition coefficient (Wildman–Crippen LogP) is 3.81. The average Bonchev–Trinajstić information content (AvgIpc) is 3.09. The van der Waals surface area contributed by atoms with Crippen molar-refractivity contribution in [3.8, 4) is 5.69 Å². The van der Waals surface area contributed by atoms with Crippen LogP contribution in [0.2, 0.25) is 0 Å². The van der Waals surface area contributed by atoms with E-state index in [1.165, 1.54) is 29.1 Å². The average molecular weight is 426 g/mol. The quantitative estimate of drug-likeness (QED) is 0.623. The minimum atomic E-state index is -4.54. The summed E-state index contributed by atoms with van der Waals surface area (Å²) in [6.07, 6.45) is -3.18. The number of aromatic nitrogens is 3. The number of alkyl halides is 3. The van der Waals surface area contributed by atoms with Gasteiger partial charge >= 0.3 is 6.18 Å². The molecule has 0 fully saturated rings. The van der Waals surface area contributed by atoms with E-state index >= 15 is 0 Å². The van der Waals surface area contributed by atoms with Crippen LogP contribution in [0.3, 0.4) is 0 Å². The fourth-order valence-electron chi connectivity index (χ4n) is 2.15. The molecule has 1 aromatic heterocycles. The van der Waals surface area contributed by atoms with E-state index in [1.807, 2.05) is 6.07 Å². The highest BCUT2D eigenvalue weighted by Gasteiger charge is 2.33. The van der Waals surface area contributed by atoms with Crippen LogP contribution in [0, 0.1) is 0 Å². The van der Waals surface area contributed by atoms with Gasteiger partial charge in [0.1, 0.15) is 0 Å². The van der Waals surface area contributed by atoms with Crippen molar-refractivity contribution in [1.29, 1.82) is 0 Å². The molecule has 1 heterocycles. The van der Waals surface area contributed by atoms with E-state index in [-0.39, 0.29) is 11.4 Å². The third kappa shape index (κ3) is 3.85. The SMILES string of the molecule is O=C(NNc1ccccc1C(F)(F)F)c1cn(-c2ccccc2Br)nn1. The highest BCUT2D eigenvalue weighted by Crippen LogP contribution is 2.34. The fraction of sp³-hybridized carbons (Fsp3) is 0.0625. The molecule has 0 radical (unpaired) electrons. The Balaban J connectivity index is 1.74. The lowest BCUT2D eigenvalue weighted by Crippen LogP contribution is -2.30. The van der Waals surface area contributed by atoms with Crippen LogP contribution in [0.15, 0.2) is 59.2 Å². The maximum Gasteiger partial charge on any atom is 0.418 e. The molecule has 0 aliphatic carbocycles. The summed E-state index contributed by atoms with van der Waals surface area (Å²) >= 11 is 3.36. The summed E-state index contributed by atoms with van der Waals surface area (Å²) in [6.45, 7) is 0. The van der Waals surface area contributed by atoms with E-state index in [0.717, 1.165) is 10.5 Å². The van der Waals surface area contributed by atoms with Gasteiger partial charge in [-0.15, -0.1) is 5.10 Å². The van der Waals surface area contributed by atoms with Crippen molar-refractivity contribution >= 4 is 27.5 Å². The molecule has 26 heavy (non-hydrogen) atoms. The van der Waals surface area contributed by atoms with Gasteiger partial charge in [0, 0.05) is 4.47 Å². The minimum Gasteiger partial charge on any atom is -0.298 e. The highest BCUT2D eigenvalue weighted by atomic mass is 79.9. The summed E-state index contributed by atoms with van der Waals surface area (Å²) in [6, 6.07) is 12.0. The lowest BCUT2D eigenvalue weighted by Gasteiger charge is -2.14. The fourth-order valence-corrected chi connectivity index (χ4v) is 2.62. The maximum absolute atomic E-state index is 12.9. The number of rotatable bonds is 4. The molecule has 0 aliphatic rings. The van der Waals surface area contributed by atoms with E-state index in [9.17, 15) is 18.0 Å². The van der Waals surface area contributed by atoms with Crippen LogP contribution in [0.25, 0.3) is 5.69 Å². The van der Waals surface area contributed by atoms with E-state index in [2.05, 4.69) is 37.1 Å². The number of benzene rings is 2. The molecule has 0 saturated heterocycles. The molecule has 6 nitrogen and oxygen atoms in total. The lowest BCUT2D eigenvalue weighted by atomic mass is 10.2. The van der Waals surface area contributed by atoms with Gasteiger partial charge in [-0.2, -0.15) is 13.2 Å². The van der Waals surface area contributed by atoms with Crippen LogP contribution in [0.1, 0.15) is 16.1 Å². The Bertz CT molecular complexity index is 941. The number of nitrogens with zero attached hydrogens (tertiary/aromatic N) is 3. The lowest BCUT2D eigenvalue weighted by molar-refractivity contribution is -0.137. The molecule has 0 unspecified atom stereocenters. The van der Waals surface area contributed by atoms with Crippen molar-refractivity contribution in [3.63, 3.8) is 0 Å². The number of hydrazine groups is 1. The smallest absolute Gasteiger partial charge is 0.298 e. The number of hydrogen-bond acceptors (Lipinski definition) is 4. The number of halogens is 4. The largest absolute Gasteiger partial charge is 0.418 e. The first-order valence-electron chi connectivity index (χ1n) is 7.26. The third-order valence-corrected chi connectivity index (χ3v) is 4.04. The molecule has 1 amide bonds. The molecule has 10 heteroatoms. The second kappa shape index (κ2) is 7.16. The van der Waals surface area contributed by atoms with Crippen LogP contribution in [-0.2, 0) is 6.18 Å². The Kier molecular flexibility index (Phi) is 4.94. The van der Waals surface area contributed by atoms with Crippen molar-refractivity contribution in [2.45, 2.75) is 6.18 Å². The minimum absolute atomic E-state index is 0.0576. The number of amides is 1. The molecule has 0 bridgehead atoms. The molecule has 2 aromatic carbocycles. The molecule has 0 atom stereocenters. The number of para-hydroxylation sites is 2. The molecular weight excluding hydrogens is 415 g/mol. The first-order valence-corrected chi connectivity index (χ1v) is 8.05. The number of carbonyl (C=O) groups is 1. The van der Waals surface area contributed by atoms with Gasteiger partial charge in [-0.1, -0.05) is 29.5 Å². The van der Waals surface area contributed by atoms with E-state index in [1.54, 1.807) is 18.2 Å². The van der Waals surface area contributed by atoms with Crippen LogP contribution >= 0.6 is 15.9 Å². The Morgan fingerprint density at radius 3 is 2.50 bits per heavy atom. The molecule has 3 aromatic rings. The molecular formula is C16H11BrF3N5O. The monoisotopic (exact) mass is 425 g/mol. The van der Waals surface area contributed by atoms with Crippen molar-refractivity contribution < 1.29 is 18.0 Å². The second-order valence-corrected chi connectivity index (χ2v) is 5.98. The van der Waals surface area contributed by atoms with Gasteiger partial charge in [0.05, 0.1) is 23.1 Å². The Hall–Kier alpha value is -2.88. The van der Waals surface area contributed by atoms with Gasteiger partial charge in [0.25, 0.3) is 5.91 Å². The van der Waals surface area contributed by atoms with Crippen LogP contribution in [0.4, 0.5) is 18.9 Å². The van der Waals surface area contributed by atoms with Crippen molar-refractivity contribution in [2.24, 2.45) is 0 Å². The molecule has 3 rings (SSSR count). The molecule has 134 valence electrons. The zero-order valence-corrected chi connectivity index (χ0v) is 14.5. The van der Waals surface area contributed by atoms with Gasteiger partial charge in [0.15, 0.2) is 5.69 Å². The first kappa shape index (κ1) is 17.9. The van der Waals surface area contributed by atoms with Gasteiger partial charge in [-0.05, 0) is 40.2 Å². The second-order valence-electron chi connectivity index (χ2n) is 5.12. The van der Waals surface area contributed by atoms with Crippen molar-refractivity contribution in [2.75, 3.05) is 5.43 Å². The molecule has 0 saturated carbocycles. The maximum atomic E-state index is 12.9. The van der Waals surface area contributed by atoms with E-state index in [4.69, 9.17) is 0 Å². The number of nitrogens with one attached hydrogen (secondary N) is 2.